The topological polar surface area (TPSA) is 275 Å². The Morgan fingerprint density at radius 3 is 1.31 bits per heavy atom. The lowest BCUT2D eigenvalue weighted by Gasteiger charge is -2.15. The molecule has 0 spiro atoms. The number of nitrogens with one attached hydrogen (secondary N) is 4. The summed E-state index contributed by atoms with van der Waals surface area (Å²) < 4.78 is 10.5. The zero-order chi connectivity index (χ0) is 39.1. The normalized spacial score (nSPS) is 13.2. The number of carboxylic acid groups (broad SMARTS) is 2. The van der Waals surface area contributed by atoms with Crippen LogP contribution in [0.25, 0.3) is 21.8 Å². The van der Waals surface area contributed by atoms with Crippen molar-refractivity contribution in [3.05, 3.63) is 59.9 Å². The Labute approximate surface area is 301 Å². The summed E-state index contributed by atoms with van der Waals surface area (Å²) in [6, 6.07) is 10.9. The van der Waals surface area contributed by atoms with Crippen LogP contribution in [-0.2, 0) is 32.0 Å². The minimum absolute atomic E-state index is 0.0950. The quantitative estimate of drug-likeness (QED) is 0.0835. The fourth-order valence-corrected chi connectivity index (χ4v) is 4.73. The molecule has 0 aliphatic heterocycles. The Hall–Kier alpha value is -5.16. The number of hydrogen-bond acceptors (Lipinski definition) is 10. The summed E-state index contributed by atoms with van der Waals surface area (Å²) in [5.41, 5.74) is 16.1. The number of carboxylic acids is 2. The van der Waals surface area contributed by atoms with Crippen LogP contribution < -0.4 is 31.6 Å². The van der Waals surface area contributed by atoms with Gasteiger partial charge in [-0.25, -0.2) is 9.59 Å². The van der Waals surface area contributed by atoms with Crippen LogP contribution in [0.1, 0.15) is 38.8 Å². The maximum Gasteiger partial charge on any atom is 0.335 e. The Kier molecular flexibility index (Phi) is 17.1. The number of benzene rings is 2. The number of aliphatic carboxylic acids is 2. The Bertz CT molecular complexity index is 1640. The molecule has 0 radical (unpaired) electrons. The molecular formula is C36H52N6O10. The number of fused-ring (bicyclic) bond motifs is 2. The van der Waals surface area contributed by atoms with Gasteiger partial charge in [-0.3, -0.25) is 9.59 Å². The van der Waals surface area contributed by atoms with Crippen molar-refractivity contribution in [2.24, 2.45) is 23.3 Å². The van der Waals surface area contributed by atoms with E-state index >= 15 is 0 Å². The number of methoxy groups -OCH3 is 2. The van der Waals surface area contributed by atoms with Gasteiger partial charge in [0.25, 0.3) is 0 Å². The van der Waals surface area contributed by atoms with Crippen LogP contribution in [0.2, 0.25) is 0 Å². The largest absolute Gasteiger partial charge is 0.497 e. The molecule has 52 heavy (non-hydrogen) atoms. The van der Waals surface area contributed by atoms with Gasteiger partial charge in [-0.2, -0.15) is 0 Å². The van der Waals surface area contributed by atoms with Crippen LogP contribution in [0.5, 0.6) is 11.5 Å². The van der Waals surface area contributed by atoms with E-state index in [4.69, 9.17) is 41.4 Å². The van der Waals surface area contributed by atoms with E-state index in [2.05, 4.69) is 20.6 Å². The van der Waals surface area contributed by atoms with E-state index in [1.54, 1.807) is 14.2 Å². The SMILES string of the molecule is COc1ccc2[nH]cc(CCNC(=O)C(N)C(C)C)c2c1.COc1ccc2[nH]cc(CCNC(=O)C(N)C(C)C)c2c1.O=C(O)C(O)C(O)C(=O)O. The van der Waals surface area contributed by atoms with Gasteiger partial charge in [-0.1, -0.05) is 27.7 Å². The maximum absolute atomic E-state index is 11.8. The number of H-pyrrole nitrogens is 2. The molecule has 0 aliphatic rings. The molecule has 2 aromatic heterocycles. The summed E-state index contributed by atoms with van der Waals surface area (Å²) in [5.74, 6) is -1.79. The predicted octanol–water partition coefficient (Wildman–Crippen LogP) is 1.51. The van der Waals surface area contributed by atoms with Crippen molar-refractivity contribution in [1.82, 2.24) is 20.6 Å². The summed E-state index contributed by atoms with van der Waals surface area (Å²) in [5, 5.41) is 40.5. The second-order valence-corrected chi connectivity index (χ2v) is 12.6. The average molecular weight is 729 g/mol. The lowest BCUT2D eigenvalue weighted by Crippen LogP contribution is -2.44. The van der Waals surface area contributed by atoms with Gasteiger partial charge in [0, 0.05) is 47.3 Å². The second-order valence-electron chi connectivity index (χ2n) is 12.6. The number of nitrogens with two attached hydrogens (primary N) is 2. The molecule has 286 valence electrons. The number of aliphatic hydroxyl groups is 2. The minimum atomic E-state index is -2.27. The number of rotatable bonds is 15. The number of aromatic amines is 2. The molecule has 2 heterocycles. The molecule has 0 bridgehead atoms. The van der Waals surface area contributed by atoms with E-state index in [0.717, 1.165) is 57.3 Å². The van der Waals surface area contributed by atoms with E-state index in [1.165, 1.54) is 0 Å². The molecule has 12 N–H and O–H groups in total. The summed E-state index contributed by atoms with van der Waals surface area (Å²) in [6.07, 6.45) is 0.917. The highest BCUT2D eigenvalue weighted by Gasteiger charge is 2.29. The molecule has 4 atom stereocenters. The Morgan fingerprint density at radius 2 is 1.02 bits per heavy atom. The lowest BCUT2D eigenvalue weighted by molar-refractivity contribution is -0.165. The van der Waals surface area contributed by atoms with Crippen LogP contribution in [-0.4, -0.2) is 106 Å². The number of ether oxygens (including phenoxy) is 2. The summed E-state index contributed by atoms with van der Waals surface area (Å²) >= 11 is 0. The number of carbonyl (C=O) groups is 4. The molecule has 4 rings (SSSR count). The molecule has 4 aromatic rings. The van der Waals surface area contributed by atoms with E-state index < -0.39 is 36.2 Å². The highest BCUT2D eigenvalue weighted by Crippen LogP contribution is 2.25. The number of carbonyl (C=O) groups excluding carboxylic acids is 2. The first-order valence-corrected chi connectivity index (χ1v) is 16.7. The van der Waals surface area contributed by atoms with Crippen LogP contribution in [0.15, 0.2) is 48.8 Å². The minimum Gasteiger partial charge on any atom is -0.497 e. The van der Waals surface area contributed by atoms with Crippen LogP contribution in [0, 0.1) is 11.8 Å². The van der Waals surface area contributed by atoms with Crippen molar-refractivity contribution in [2.75, 3.05) is 27.3 Å². The summed E-state index contributed by atoms with van der Waals surface area (Å²) in [4.78, 5) is 49.6. The van der Waals surface area contributed by atoms with Crippen LogP contribution in [0.4, 0.5) is 0 Å². The zero-order valence-corrected chi connectivity index (χ0v) is 30.3. The van der Waals surface area contributed by atoms with Crippen molar-refractivity contribution in [3.8, 4) is 11.5 Å². The van der Waals surface area contributed by atoms with Gasteiger partial charge in [0.1, 0.15) is 11.5 Å². The fourth-order valence-electron chi connectivity index (χ4n) is 4.73. The van der Waals surface area contributed by atoms with E-state index in [-0.39, 0.29) is 23.7 Å². The molecule has 0 aliphatic carbocycles. The molecule has 0 saturated heterocycles. The van der Waals surface area contributed by atoms with Gasteiger partial charge in [0.05, 0.1) is 26.3 Å². The third-order valence-electron chi connectivity index (χ3n) is 8.18. The average Bonchev–Trinajstić information content (AvgIpc) is 3.73. The van der Waals surface area contributed by atoms with Gasteiger partial charge in [0.2, 0.25) is 11.8 Å². The van der Waals surface area contributed by atoms with Crippen molar-refractivity contribution >= 4 is 45.6 Å². The van der Waals surface area contributed by atoms with E-state index in [1.807, 2.05) is 76.5 Å². The fraction of sp³-hybridized carbons (Fsp3) is 0.444. The molecule has 2 aromatic carbocycles. The summed E-state index contributed by atoms with van der Waals surface area (Å²) in [7, 11) is 3.31. The molecule has 0 saturated carbocycles. The van der Waals surface area contributed by atoms with Crippen molar-refractivity contribution in [2.45, 2.75) is 64.8 Å². The maximum atomic E-state index is 11.8. The zero-order valence-electron chi connectivity index (χ0n) is 30.3. The van der Waals surface area contributed by atoms with Crippen molar-refractivity contribution in [3.63, 3.8) is 0 Å². The highest BCUT2D eigenvalue weighted by molar-refractivity contribution is 5.86. The first kappa shape index (κ1) is 43.0. The molecule has 16 nitrogen and oxygen atoms in total. The molecule has 0 fully saturated rings. The summed E-state index contributed by atoms with van der Waals surface area (Å²) in [6.45, 7) is 8.91. The standard InChI is InChI=1S/2C16H23N3O2.C4H6O6/c2*1-10(2)15(17)16(20)18-7-6-11-9-19-14-5-4-12(21-3)8-13(11)14;5-1(3(7)8)2(6)4(9)10/h2*4-5,8-10,15,19H,6-7,17H2,1-3H3,(H,18,20);1-2,5-6H,(H,7,8)(H,9,10). The van der Waals surface area contributed by atoms with Gasteiger partial charge in [-0.05, 0) is 72.2 Å². The molecular weight excluding hydrogens is 676 g/mol. The van der Waals surface area contributed by atoms with Gasteiger partial charge >= 0.3 is 11.9 Å². The van der Waals surface area contributed by atoms with Crippen molar-refractivity contribution < 1.29 is 49.1 Å². The first-order valence-electron chi connectivity index (χ1n) is 16.7. The smallest absolute Gasteiger partial charge is 0.335 e. The van der Waals surface area contributed by atoms with E-state index in [0.29, 0.717) is 13.1 Å². The Balaban J connectivity index is 0.000000289. The number of aliphatic hydroxyl groups excluding tert-OH is 2. The second kappa shape index (κ2) is 20.6. The van der Waals surface area contributed by atoms with Gasteiger partial charge < -0.3 is 62.0 Å². The molecule has 4 unspecified atom stereocenters. The lowest BCUT2D eigenvalue weighted by atomic mass is 10.0. The Morgan fingerprint density at radius 1 is 0.673 bits per heavy atom. The number of aromatic nitrogens is 2. The predicted molar refractivity (Wildman–Crippen MR) is 196 cm³/mol. The van der Waals surface area contributed by atoms with Crippen LogP contribution in [0.3, 0.4) is 0 Å². The third kappa shape index (κ3) is 12.6. The van der Waals surface area contributed by atoms with Crippen LogP contribution >= 0.6 is 0 Å². The van der Waals surface area contributed by atoms with Gasteiger partial charge in [0.15, 0.2) is 12.2 Å². The third-order valence-corrected chi connectivity index (χ3v) is 8.18. The molecule has 2 amide bonds. The van der Waals surface area contributed by atoms with Gasteiger partial charge in [-0.15, -0.1) is 0 Å². The van der Waals surface area contributed by atoms with E-state index in [9.17, 15) is 19.2 Å². The first-order chi connectivity index (χ1) is 24.5. The molecule has 16 heteroatoms. The monoisotopic (exact) mass is 728 g/mol. The number of hydrogen-bond donors (Lipinski definition) is 10. The highest BCUT2D eigenvalue weighted by atomic mass is 16.5. The number of amides is 2. The van der Waals surface area contributed by atoms with Crippen molar-refractivity contribution in [1.29, 1.82) is 0 Å².